The van der Waals surface area contributed by atoms with Gasteiger partial charge in [0.25, 0.3) is 0 Å². The summed E-state index contributed by atoms with van der Waals surface area (Å²) in [5, 5.41) is 20.0. The zero-order valence-electron chi connectivity index (χ0n) is 14.9. The molecule has 0 spiro atoms. The molecule has 0 saturated carbocycles. The molecule has 2 N–H and O–H groups in total. The number of benzene rings is 3. The third kappa shape index (κ3) is 3.53. The van der Waals surface area contributed by atoms with E-state index in [-0.39, 0.29) is 17.6 Å². The van der Waals surface area contributed by atoms with E-state index >= 15 is 0 Å². The Morgan fingerprint density at radius 3 is 1.88 bits per heavy atom. The summed E-state index contributed by atoms with van der Waals surface area (Å²) in [7, 11) is 0. The van der Waals surface area contributed by atoms with Crippen molar-refractivity contribution >= 4 is 0 Å². The first kappa shape index (κ1) is 17.1. The standard InChI is InChI=1S/C23H24O2/c1-15-13-23(25)22(17(3)19-9-11-20(24)12-10-19)14-21(15)16(2)18-7-5-4-6-8-18/h4-14,16-17,24-25H,1-3H3. The summed E-state index contributed by atoms with van der Waals surface area (Å²) in [6, 6.07) is 21.6. The molecule has 2 atom stereocenters. The van der Waals surface area contributed by atoms with Gasteiger partial charge in [0.2, 0.25) is 0 Å². The van der Waals surface area contributed by atoms with Gasteiger partial charge in [-0.25, -0.2) is 0 Å². The molecule has 25 heavy (non-hydrogen) atoms. The maximum absolute atomic E-state index is 10.5. The second-order valence-electron chi connectivity index (χ2n) is 6.71. The van der Waals surface area contributed by atoms with E-state index in [0.717, 1.165) is 16.7 Å². The predicted octanol–water partition coefficient (Wildman–Crippen LogP) is 5.71. The molecule has 2 unspecified atom stereocenters. The van der Waals surface area contributed by atoms with E-state index < -0.39 is 0 Å². The number of phenolic OH excluding ortho intramolecular Hbond substituents is 2. The molecule has 0 aliphatic rings. The monoisotopic (exact) mass is 332 g/mol. The molecule has 0 aliphatic heterocycles. The normalized spacial score (nSPS) is 13.4. The van der Waals surface area contributed by atoms with Crippen molar-refractivity contribution in [2.24, 2.45) is 0 Å². The SMILES string of the molecule is Cc1cc(O)c(C(C)c2ccc(O)cc2)cc1C(C)c1ccccc1. The Labute approximate surface area is 149 Å². The van der Waals surface area contributed by atoms with E-state index in [1.165, 1.54) is 11.1 Å². The van der Waals surface area contributed by atoms with Gasteiger partial charge in [0, 0.05) is 17.4 Å². The number of hydrogen-bond acceptors (Lipinski definition) is 2. The summed E-state index contributed by atoms with van der Waals surface area (Å²) in [5.74, 6) is 0.875. The lowest BCUT2D eigenvalue weighted by Gasteiger charge is -2.21. The maximum Gasteiger partial charge on any atom is 0.119 e. The van der Waals surface area contributed by atoms with Gasteiger partial charge in [-0.3, -0.25) is 0 Å². The molecule has 0 bridgehead atoms. The first-order valence-corrected chi connectivity index (χ1v) is 8.64. The molecule has 0 aliphatic carbocycles. The van der Waals surface area contributed by atoms with Crippen molar-refractivity contribution in [2.45, 2.75) is 32.6 Å². The maximum atomic E-state index is 10.5. The Balaban J connectivity index is 2.02. The quantitative estimate of drug-likeness (QED) is 0.642. The van der Waals surface area contributed by atoms with E-state index in [9.17, 15) is 10.2 Å². The van der Waals surface area contributed by atoms with Crippen molar-refractivity contribution in [3.63, 3.8) is 0 Å². The van der Waals surface area contributed by atoms with Crippen molar-refractivity contribution in [2.75, 3.05) is 0 Å². The molecule has 128 valence electrons. The highest BCUT2D eigenvalue weighted by atomic mass is 16.3. The highest BCUT2D eigenvalue weighted by Gasteiger charge is 2.18. The average Bonchev–Trinajstić information content (AvgIpc) is 2.62. The summed E-state index contributed by atoms with van der Waals surface area (Å²) in [5.41, 5.74) is 5.56. The number of hydrogen-bond donors (Lipinski definition) is 2. The first-order valence-electron chi connectivity index (χ1n) is 8.64. The average molecular weight is 332 g/mol. The Hall–Kier alpha value is -2.74. The van der Waals surface area contributed by atoms with Gasteiger partial charge in [-0.2, -0.15) is 0 Å². The Morgan fingerprint density at radius 2 is 1.24 bits per heavy atom. The van der Waals surface area contributed by atoms with Crippen LogP contribution in [-0.2, 0) is 0 Å². The van der Waals surface area contributed by atoms with Crippen molar-refractivity contribution in [3.05, 3.63) is 94.5 Å². The molecular formula is C23H24O2. The molecule has 3 rings (SSSR count). The van der Waals surface area contributed by atoms with Gasteiger partial charge in [0.1, 0.15) is 11.5 Å². The van der Waals surface area contributed by atoms with Crippen molar-refractivity contribution in [1.82, 2.24) is 0 Å². The highest BCUT2D eigenvalue weighted by Crippen LogP contribution is 2.37. The fraction of sp³-hybridized carbons (Fsp3) is 0.217. The number of aromatic hydroxyl groups is 2. The molecule has 2 heteroatoms. The number of phenols is 2. The van der Waals surface area contributed by atoms with Gasteiger partial charge in [0.05, 0.1) is 0 Å². The molecular weight excluding hydrogens is 308 g/mol. The van der Waals surface area contributed by atoms with Crippen molar-refractivity contribution in [1.29, 1.82) is 0 Å². The smallest absolute Gasteiger partial charge is 0.119 e. The predicted molar refractivity (Wildman–Crippen MR) is 102 cm³/mol. The second kappa shape index (κ2) is 7.02. The summed E-state index contributed by atoms with van der Waals surface area (Å²) < 4.78 is 0. The minimum absolute atomic E-state index is 0.0444. The lowest BCUT2D eigenvalue weighted by atomic mass is 9.84. The lowest BCUT2D eigenvalue weighted by molar-refractivity contribution is 0.465. The molecule has 0 fully saturated rings. The molecule has 2 nitrogen and oxygen atoms in total. The van der Waals surface area contributed by atoms with Gasteiger partial charge >= 0.3 is 0 Å². The van der Waals surface area contributed by atoms with Gasteiger partial charge in [-0.15, -0.1) is 0 Å². The number of aryl methyl sites for hydroxylation is 1. The van der Waals surface area contributed by atoms with Crippen molar-refractivity contribution < 1.29 is 10.2 Å². The molecule has 3 aromatic carbocycles. The summed E-state index contributed by atoms with van der Waals surface area (Å²) in [6.07, 6.45) is 0. The zero-order chi connectivity index (χ0) is 18.0. The molecule has 3 aromatic rings. The minimum atomic E-state index is 0.0444. The fourth-order valence-corrected chi connectivity index (χ4v) is 3.40. The first-order chi connectivity index (χ1) is 12.0. The van der Waals surface area contributed by atoms with Crippen LogP contribution in [0.5, 0.6) is 11.5 Å². The van der Waals surface area contributed by atoms with E-state index in [1.807, 2.05) is 31.2 Å². The summed E-state index contributed by atoms with van der Waals surface area (Å²) in [6.45, 7) is 6.32. The van der Waals surface area contributed by atoms with Crippen LogP contribution in [0.1, 0.15) is 53.5 Å². The molecule has 0 radical (unpaired) electrons. The van der Waals surface area contributed by atoms with Gasteiger partial charge in [-0.05, 0) is 47.4 Å². The topological polar surface area (TPSA) is 40.5 Å². The third-order valence-electron chi connectivity index (χ3n) is 5.04. The minimum Gasteiger partial charge on any atom is -0.508 e. The Bertz CT molecular complexity index is 851. The van der Waals surface area contributed by atoms with E-state index in [4.69, 9.17) is 0 Å². The fourth-order valence-electron chi connectivity index (χ4n) is 3.40. The van der Waals surface area contributed by atoms with Crippen LogP contribution in [0.25, 0.3) is 0 Å². The Morgan fingerprint density at radius 1 is 0.680 bits per heavy atom. The van der Waals surface area contributed by atoms with Crippen LogP contribution in [0, 0.1) is 6.92 Å². The number of rotatable bonds is 4. The molecule has 0 amide bonds. The van der Waals surface area contributed by atoms with Gasteiger partial charge in [0.15, 0.2) is 0 Å². The van der Waals surface area contributed by atoms with Crippen LogP contribution in [0.15, 0.2) is 66.7 Å². The molecule has 0 saturated heterocycles. The third-order valence-corrected chi connectivity index (χ3v) is 5.04. The van der Waals surface area contributed by atoms with Crippen LogP contribution in [0.2, 0.25) is 0 Å². The molecule has 0 aromatic heterocycles. The summed E-state index contributed by atoms with van der Waals surface area (Å²) in [4.78, 5) is 0. The van der Waals surface area contributed by atoms with E-state index in [0.29, 0.717) is 5.75 Å². The van der Waals surface area contributed by atoms with E-state index in [1.54, 1.807) is 12.1 Å². The van der Waals surface area contributed by atoms with Gasteiger partial charge in [-0.1, -0.05) is 62.4 Å². The van der Waals surface area contributed by atoms with Crippen LogP contribution in [0.4, 0.5) is 0 Å². The molecule has 0 heterocycles. The largest absolute Gasteiger partial charge is 0.508 e. The van der Waals surface area contributed by atoms with Crippen molar-refractivity contribution in [3.8, 4) is 11.5 Å². The Kier molecular flexibility index (Phi) is 4.80. The zero-order valence-corrected chi connectivity index (χ0v) is 14.9. The second-order valence-corrected chi connectivity index (χ2v) is 6.71. The van der Waals surface area contributed by atoms with Crippen LogP contribution in [-0.4, -0.2) is 10.2 Å². The summed E-state index contributed by atoms with van der Waals surface area (Å²) >= 11 is 0. The van der Waals surface area contributed by atoms with Crippen LogP contribution in [0.3, 0.4) is 0 Å². The van der Waals surface area contributed by atoms with E-state index in [2.05, 4.69) is 44.2 Å². The van der Waals surface area contributed by atoms with Gasteiger partial charge < -0.3 is 10.2 Å². The highest BCUT2D eigenvalue weighted by molar-refractivity contribution is 5.49. The van der Waals surface area contributed by atoms with Crippen LogP contribution < -0.4 is 0 Å². The lowest BCUT2D eigenvalue weighted by Crippen LogP contribution is -2.03. The van der Waals surface area contributed by atoms with Crippen LogP contribution >= 0.6 is 0 Å².